The third-order valence-electron chi connectivity index (χ3n) is 3.77. The summed E-state index contributed by atoms with van der Waals surface area (Å²) in [5.41, 5.74) is 0.177. The fourth-order valence-electron chi connectivity index (χ4n) is 2.41. The third kappa shape index (κ3) is 4.43. The van der Waals surface area contributed by atoms with Crippen molar-refractivity contribution in [2.75, 3.05) is 14.2 Å². The van der Waals surface area contributed by atoms with Gasteiger partial charge in [-0.25, -0.2) is 0 Å². The second-order valence-corrected chi connectivity index (χ2v) is 5.67. The molecule has 0 unspecified atom stereocenters. The second kappa shape index (κ2) is 9.32. The molecule has 0 aliphatic carbocycles. The first-order valence-electron chi connectivity index (χ1n) is 8.62. The number of likely N-dealkylation sites (N-methyl/N-ethyl adjacent to an activating group) is 1. The molecule has 9 nitrogen and oxygen atoms in total. The summed E-state index contributed by atoms with van der Waals surface area (Å²) in [5, 5.41) is 16.0. The molecule has 10 heteroatoms. The number of oxime groups is 1. The maximum atomic E-state index is 14.9. The number of aromatic hydroxyl groups is 1. The number of carbonyl (C=O) groups is 1. The molecule has 1 heterocycles. The number of amides is 1. The zero-order valence-corrected chi connectivity index (χ0v) is 16.0. The first kappa shape index (κ1) is 20.5. The molecule has 2 aromatic carbocycles. The van der Waals surface area contributed by atoms with Crippen molar-refractivity contribution in [3.63, 3.8) is 0 Å². The topological polar surface area (TPSA) is 115 Å². The summed E-state index contributed by atoms with van der Waals surface area (Å²) in [5.74, 6) is -2.50. The number of benzene rings is 2. The number of nitrogens with one attached hydrogen (secondary N) is 1. The van der Waals surface area contributed by atoms with Crippen LogP contribution in [0.2, 0.25) is 0 Å². The molecule has 0 aliphatic rings. The number of para-hydroxylation sites is 3. The standard InChI is InChI=1S/C20H17FN4O5/c1-22-18(27)17(25-28-2)12-7-3-5-9-14(12)29-19-16(21)20(24-11-23-19)30-15-10-6-4-8-13(15)26/h3-11,26H,1-2H3,(H,22,27)/b25-17+. The minimum absolute atomic E-state index is 0.00980. The number of halogens is 1. The summed E-state index contributed by atoms with van der Waals surface area (Å²) in [7, 11) is 2.73. The van der Waals surface area contributed by atoms with Gasteiger partial charge in [0.2, 0.25) is 5.82 Å². The quantitative estimate of drug-likeness (QED) is 0.453. The molecule has 0 bridgehead atoms. The zero-order valence-electron chi connectivity index (χ0n) is 16.0. The van der Waals surface area contributed by atoms with Crippen LogP contribution in [0, 0.1) is 5.82 Å². The molecule has 3 aromatic rings. The van der Waals surface area contributed by atoms with E-state index in [0.29, 0.717) is 0 Å². The van der Waals surface area contributed by atoms with E-state index in [1.54, 1.807) is 30.3 Å². The summed E-state index contributed by atoms with van der Waals surface area (Å²) in [4.78, 5) is 24.4. The summed E-state index contributed by atoms with van der Waals surface area (Å²) in [6.07, 6.45) is 1.04. The van der Waals surface area contributed by atoms with E-state index in [4.69, 9.17) is 14.3 Å². The maximum absolute atomic E-state index is 14.9. The smallest absolute Gasteiger partial charge is 0.273 e. The highest BCUT2D eigenvalue weighted by atomic mass is 19.1. The monoisotopic (exact) mass is 412 g/mol. The molecule has 0 saturated heterocycles. The van der Waals surface area contributed by atoms with Crippen LogP contribution in [0.1, 0.15) is 5.56 Å². The molecule has 2 N–H and O–H groups in total. The lowest BCUT2D eigenvalue weighted by Gasteiger charge is -2.13. The predicted molar refractivity (Wildman–Crippen MR) is 104 cm³/mol. The van der Waals surface area contributed by atoms with Crippen LogP contribution in [-0.2, 0) is 9.63 Å². The summed E-state index contributed by atoms with van der Waals surface area (Å²) >= 11 is 0. The Labute approximate surface area is 170 Å². The highest BCUT2D eigenvalue weighted by Crippen LogP contribution is 2.34. The number of phenolic OH excluding ortho intramolecular Hbond substituents is 1. The van der Waals surface area contributed by atoms with Gasteiger partial charge in [0.25, 0.3) is 17.7 Å². The van der Waals surface area contributed by atoms with Gasteiger partial charge in [-0.05, 0) is 24.3 Å². The van der Waals surface area contributed by atoms with Crippen molar-refractivity contribution < 1.29 is 28.6 Å². The number of phenols is 1. The van der Waals surface area contributed by atoms with Gasteiger partial charge in [0.05, 0.1) is 5.56 Å². The Kier molecular flexibility index (Phi) is 6.38. The third-order valence-corrected chi connectivity index (χ3v) is 3.77. The van der Waals surface area contributed by atoms with Crippen molar-refractivity contribution in [3.8, 4) is 29.0 Å². The van der Waals surface area contributed by atoms with Crippen LogP contribution in [0.3, 0.4) is 0 Å². The largest absolute Gasteiger partial charge is 0.504 e. The van der Waals surface area contributed by atoms with E-state index >= 15 is 0 Å². The lowest BCUT2D eigenvalue weighted by Crippen LogP contribution is -2.28. The van der Waals surface area contributed by atoms with Crippen LogP contribution in [0.4, 0.5) is 4.39 Å². The highest BCUT2D eigenvalue weighted by Gasteiger charge is 2.22. The normalized spacial score (nSPS) is 11.0. The molecule has 30 heavy (non-hydrogen) atoms. The summed E-state index contributed by atoms with van der Waals surface area (Å²) < 4.78 is 25.8. The van der Waals surface area contributed by atoms with Gasteiger partial charge in [-0.15, -0.1) is 0 Å². The fraction of sp³-hybridized carbons (Fsp3) is 0.100. The maximum Gasteiger partial charge on any atom is 0.273 e. The number of rotatable bonds is 7. The minimum Gasteiger partial charge on any atom is -0.504 e. The number of hydrogen-bond acceptors (Lipinski definition) is 8. The van der Waals surface area contributed by atoms with Crippen LogP contribution in [-0.4, -0.2) is 40.9 Å². The first-order chi connectivity index (χ1) is 14.5. The molecule has 0 radical (unpaired) electrons. The van der Waals surface area contributed by atoms with Crippen LogP contribution >= 0.6 is 0 Å². The van der Waals surface area contributed by atoms with Crippen molar-refractivity contribution in [1.29, 1.82) is 0 Å². The molecular formula is C20H17FN4O5. The summed E-state index contributed by atoms with van der Waals surface area (Å²) in [6, 6.07) is 12.4. The zero-order chi connectivity index (χ0) is 21.5. The van der Waals surface area contributed by atoms with E-state index in [-0.39, 0.29) is 28.5 Å². The van der Waals surface area contributed by atoms with Crippen LogP contribution in [0.25, 0.3) is 0 Å². The molecule has 0 saturated carbocycles. The summed E-state index contributed by atoms with van der Waals surface area (Å²) in [6.45, 7) is 0. The van der Waals surface area contributed by atoms with Crippen LogP contribution < -0.4 is 14.8 Å². The molecule has 0 atom stereocenters. The van der Waals surface area contributed by atoms with Crippen molar-refractivity contribution >= 4 is 11.6 Å². The van der Waals surface area contributed by atoms with Gasteiger partial charge in [0.1, 0.15) is 19.2 Å². The highest BCUT2D eigenvalue weighted by molar-refractivity contribution is 6.45. The fourth-order valence-corrected chi connectivity index (χ4v) is 2.41. The van der Waals surface area contributed by atoms with Gasteiger partial charge in [0, 0.05) is 7.05 Å². The average molecular weight is 412 g/mol. The Hall–Kier alpha value is -4.21. The molecule has 0 fully saturated rings. The second-order valence-electron chi connectivity index (χ2n) is 5.67. The molecule has 154 valence electrons. The Balaban J connectivity index is 1.96. The molecule has 0 spiro atoms. The number of hydrogen-bond donors (Lipinski definition) is 2. The SMILES string of the molecule is CNC(=O)/C(=N/OC)c1ccccc1Oc1ncnc(Oc2ccccc2O)c1F. The number of ether oxygens (including phenoxy) is 2. The molecule has 1 aromatic heterocycles. The number of aromatic nitrogens is 2. The van der Waals surface area contributed by atoms with Gasteiger partial charge < -0.3 is 24.7 Å². The minimum atomic E-state index is -0.999. The van der Waals surface area contributed by atoms with Gasteiger partial charge in [0.15, 0.2) is 17.2 Å². The average Bonchev–Trinajstić information content (AvgIpc) is 2.76. The predicted octanol–water partition coefficient (Wildman–Crippen LogP) is 3.00. The molecule has 0 aliphatic heterocycles. The lowest BCUT2D eigenvalue weighted by atomic mass is 10.1. The molecular weight excluding hydrogens is 395 g/mol. The van der Waals surface area contributed by atoms with Crippen molar-refractivity contribution in [3.05, 3.63) is 66.2 Å². The van der Waals surface area contributed by atoms with Gasteiger partial charge in [-0.1, -0.05) is 29.4 Å². The Morgan fingerprint density at radius 2 is 1.63 bits per heavy atom. The lowest BCUT2D eigenvalue weighted by molar-refractivity contribution is -0.114. The van der Waals surface area contributed by atoms with E-state index in [0.717, 1.165) is 6.33 Å². The Morgan fingerprint density at radius 3 is 2.27 bits per heavy atom. The van der Waals surface area contributed by atoms with E-state index in [1.807, 2.05) is 0 Å². The Bertz CT molecular complexity index is 1090. The van der Waals surface area contributed by atoms with Crippen molar-refractivity contribution in [2.24, 2.45) is 5.16 Å². The van der Waals surface area contributed by atoms with Crippen LogP contribution in [0.5, 0.6) is 29.0 Å². The number of nitrogens with zero attached hydrogens (tertiary/aromatic N) is 3. The Morgan fingerprint density at radius 1 is 1.03 bits per heavy atom. The van der Waals surface area contributed by atoms with Crippen molar-refractivity contribution in [1.82, 2.24) is 15.3 Å². The van der Waals surface area contributed by atoms with E-state index < -0.39 is 23.5 Å². The molecule has 1 amide bonds. The van der Waals surface area contributed by atoms with E-state index in [9.17, 15) is 14.3 Å². The van der Waals surface area contributed by atoms with Crippen molar-refractivity contribution in [2.45, 2.75) is 0 Å². The van der Waals surface area contributed by atoms with E-state index in [1.165, 1.54) is 32.4 Å². The molecule has 3 rings (SSSR count). The van der Waals surface area contributed by atoms with E-state index in [2.05, 4.69) is 20.4 Å². The van der Waals surface area contributed by atoms with Gasteiger partial charge in [-0.3, -0.25) is 4.79 Å². The van der Waals surface area contributed by atoms with Gasteiger partial charge in [-0.2, -0.15) is 14.4 Å². The van der Waals surface area contributed by atoms with Crippen LogP contribution in [0.15, 0.2) is 60.0 Å². The first-order valence-corrected chi connectivity index (χ1v) is 8.62. The van der Waals surface area contributed by atoms with Gasteiger partial charge >= 0.3 is 0 Å². The number of carbonyl (C=O) groups excluding carboxylic acids is 1.